The summed E-state index contributed by atoms with van der Waals surface area (Å²) in [5.41, 5.74) is 1.37. The van der Waals surface area contributed by atoms with Crippen LogP contribution in [0.4, 0.5) is 5.69 Å². The van der Waals surface area contributed by atoms with Gasteiger partial charge in [0, 0.05) is 14.8 Å². The predicted molar refractivity (Wildman–Crippen MR) is 114 cm³/mol. The number of thiocarbonyl (C=S) groups is 1. The van der Waals surface area contributed by atoms with Crippen LogP contribution in [0.2, 0.25) is 0 Å². The maximum Gasteiger partial charge on any atom is 0.257 e. The molecule has 0 atom stereocenters. The number of rotatable bonds is 6. The van der Waals surface area contributed by atoms with Crippen LogP contribution in [0.1, 0.15) is 30.6 Å². The Morgan fingerprint density at radius 1 is 1.20 bits per heavy atom. The molecule has 1 amide bonds. The van der Waals surface area contributed by atoms with Gasteiger partial charge in [0.2, 0.25) is 0 Å². The summed E-state index contributed by atoms with van der Waals surface area (Å²) in [6.45, 7) is 5.04. The van der Waals surface area contributed by atoms with E-state index in [4.69, 9.17) is 17.0 Å². The monoisotopic (exact) mass is 468 g/mol. The van der Waals surface area contributed by atoms with Crippen LogP contribution in [0.15, 0.2) is 48.5 Å². The molecule has 0 aliphatic rings. The first-order valence-electron chi connectivity index (χ1n) is 8.05. The van der Waals surface area contributed by atoms with Crippen molar-refractivity contribution >= 4 is 51.5 Å². The van der Waals surface area contributed by atoms with E-state index in [1.165, 1.54) is 0 Å². The molecule has 0 saturated heterocycles. The fourth-order valence-electron chi connectivity index (χ4n) is 2.01. The van der Waals surface area contributed by atoms with Gasteiger partial charge in [-0.3, -0.25) is 10.1 Å². The van der Waals surface area contributed by atoms with Gasteiger partial charge in [0.25, 0.3) is 5.91 Å². The molecule has 0 aliphatic carbocycles. The van der Waals surface area contributed by atoms with Gasteiger partial charge < -0.3 is 10.1 Å². The van der Waals surface area contributed by atoms with Gasteiger partial charge in [-0.05, 0) is 89.6 Å². The van der Waals surface area contributed by atoms with Crippen molar-refractivity contribution in [2.75, 3.05) is 11.9 Å². The van der Waals surface area contributed by atoms with Gasteiger partial charge in [0.05, 0.1) is 6.61 Å². The van der Waals surface area contributed by atoms with Gasteiger partial charge in [-0.15, -0.1) is 0 Å². The molecule has 4 nitrogen and oxygen atoms in total. The van der Waals surface area contributed by atoms with E-state index < -0.39 is 0 Å². The molecule has 132 valence electrons. The standard InChI is InChI=1S/C19H21IN2O2S/c1-13(2)10-11-24-17-8-6-16(7-9-17)21-19(25)22-18(23)14-4-3-5-15(20)12-14/h3-9,12-13H,10-11H2,1-2H3,(H2,21,22,23,25). The largest absolute Gasteiger partial charge is 0.494 e. The van der Waals surface area contributed by atoms with E-state index in [0.29, 0.717) is 18.1 Å². The Bertz CT molecular complexity index is 732. The average Bonchev–Trinajstić information content (AvgIpc) is 2.56. The molecule has 0 spiro atoms. The van der Waals surface area contributed by atoms with Crippen molar-refractivity contribution < 1.29 is 9.53 Å². The molecular formula is C19H21IN2O2S. The summed E-state index contributed by atoms with van der Waals surface area (Å²) in [4.78, 5) is 12.2. The quantitative estimate of drug-likeness (QED) is 0.471. The van der Waals surface area contributed by atoms with Crippen LogP contribution in [0.5, 0.6) is 5.75 Å². The summed E-state index contributed by atoms with van der Waals surface area (Å²) in [6, 6.07) is 14.8. The number of benzene rings is 2. The van der Waals surface area contributed by atoms with Crippen molar-refractivity contribution in [3.63, 3.8) is 0 Å². The highest BCUT2D eigenvalue weighted by Gasteiger charge is 2.08. The van der Waals surface area contributed by atoms with Crippen molar-refractivity contribution in [2.24, 2.45) is 5.92 Å². The molecule has 0 aromatic heterocycles. The van der Waals surface area contributed by atoms with E-state index in [1.807, 2.05) is 42.5 Å². The second-order valence-electron chi connectivity index (χ2n) is 5.97. The summed E-state index contributed by atoms with van der Waals surface area (Å²) in [5.74, 6) is 1.21. The first kappa shape index (κ1) is 19.7. The zero-order valence-corrected chi connectivity index (χ0v) is 17.2. The van der Waals surface area contributed by atoms with Crippen LogP contribution in [-0.2, 0) is 0 Å². The lowest BCUT2D eigenvalue weighted by Gasteiger charge is -2.11. The highest BCUT2D eigenvalue weighted by Crippen LogP contribution is 2.16. The molecule has 0 bridgehead atoms. The maximum absolute atomic E-state index is 12.2. The van der Waals surface area contributed by atoms with Gasteiger partial charge in [0.15, 0.2) is 5.11 Å². The van der Waals surface area contributed by atoms with Crippen molar-refractivity contribution in [3.05, 3.63) is 57.7 Å². The summed E-state index contributed by atoms with van der Waals surface area (Å²) in [6.07, 6.45) is 1.02. The number of hydrogen-bond acceptors (Lipinski definition) is 3. The molecule has 2 rings (SSSR count). The summed E-state index contributed by atoms with van der Waals surface area (Å²) in [7, 11) is 0. The number of carbonyl (C=O) groups is 1. The van der Waals surface area contributed by atoms with Crippen LogP contribution in [0.25, 0.3) is 0 Å². The summed E-state index contributed by atoms with van der Waals surface area (Å²) < 4.78 is 6.68. The number of carbonyl (C=O) groups excluding carboxylic acids is 1. The minimum Gasteiger partial charge on any atom is -0.494 e. The third-order valence-corrected chi connectivity index (χ3v) is 4.27. The number of anilines is 1. The molecule has 0 fully saturated rings. The third kappa shape index (κ3) is 6.99. The van der Waals surface area contributed by atoms with Crippen LogP contribution in [-0.4, -0.2) is 17.6 Å². The van der Waals surface area contributed by atoms with E-state index in [-0.39, 0.29) is 11.0 Å². The molecule has 2 N–H and O–H groups in total. The van der Waals surface area contributed by atoms with Gasteiger partial charge >= 0.3 is 0 Å². The second kappa shape index (κ2) is 9.72. The molecule has 0 aliphatic heterocycles. The Hall–Kier alpha value is -1.67. The minimum absolute atomic E-state index is 0.232. The van der Waals surface area contributed by atoms with Gasteiger partial charge in [-0.2, -0.15) is 0 Å². The number of ether oxygens (including phenoxy) is 1. The second-order valence-corrected chi connectivity index (χ2v) is 7.63. The molecular weight excluding hydrogens is 447 g/mol. The first-order valence-corrected chi connectivity index (χ1v) is 9.53. The normalized spacial score (nSPS) is 10.4. The van der Waals surface area contributed by atoms with Crippen LogP contribution >= 0.6 is 34.8 Å². The Morgan fingerprint density at radius 3 is 2.56 bits per heavy atom. The van der Waals surface area contributed by atoms with Gasteiger partial charge in [-0.1, -0.05) is 19.9 Å². The minimum atomic E-state index is -0.232. The maximum atomic E-state index is 12.2. The predicted octanol–water partition coefficient (Wildman–Crippen LogP) is 4.84. The third-order valence-electron chi connectivity index (χ3n) is 3.39. The highest BCUT2D eigenvalue weighted by molar-refractivity contribution is 14.1. The van der Waals surface area contributed by atoms with Crippen LogP contribution in [0, 0.1) is 9.49 Å². The van der Waals surface area contributed by atoms with Crippen molar-refractivity contribution in [3.8, 4) is 5.75 Å². The summed E-state index contributed by atoms with van der Waals surface area (Å²) in [5, 5.41) is 5.94. The summed E-state index contributed by atoms with van der Waals surface area (Å²) >= 11 is 7.37. The Labute approximate surface area is 167 Å². The fraction of sp³-hybridized carbons (Fsp3) is 0.263. The van der Waals surface area contributed by atoms with Gasteiger partial charge in [0.1, 0.15) is 5.75 Å². The lowest BCUT2D eigenvalue weighted by Crippen LogP contribution is -2.34. The number of halogens is 1. The molecule has 0 radical (unpaired) electrons. The highest BCUT2D eigenvalue weighted by atomic mass is 127. The van der Waals surface area contributed by atoms with Crippen molar-refractivity contribution in [2.45, 2.75) is 20.3 Å². The van der Waals surface area contributed by atoms with Crippen LogP contribution < -0.4 is 15.4 Å². The molecule has 2 aromatic carbocycles. The molecule has 6 heteroatoms. The number of nitrogens with one attached hydrogen (secondary N) is 2. The van der Waals surface area contributed by atoms with E-state index in [1.54, 1.807) is 6.07 Å². The zero-order chi connectivity index (χ0) is 18.2. The average molecular weight is 468 g/mol. The SMILES string of the molecule is CC(C)CCOc1ccc(NC(=S)NC(=O)c2cccc(I)c2)cc1. The van der Waals surface area contributed by atoms with Gasteiger partial charge in [-0.25, -0.2) is 0 Å². The van der Waals surface area contributed by atoms with Crippen LogP contribution in [0.3, 0.4) is 0 Å². The Balaban J connectivity index is 1.85. The number of amides is 1. The van der Waals surface area contributed by atoms with E-state index in [0.717, 1.165) is 21.4 Å². The number of hydrogen-bond donors (Lipinski definition) is 2. The molecule has 0 unspecified atom stereocenters. The van der Waals surface area contributed by atoms with E-state index >= 15 is 0 Å². The Morgan fingerprint density at radius 2 is 1.92 bits per heavy atom. The molecule has 0 saturated carbocycles. The first-order chi connectivity index (χ1) is 11.9. The lowest BCUT2D eigenvalue weighted by molar-refractivity contribution is 0.0977. The van der Waals surface area contributed by atoms with E-state index in [9.17, 15) is 4.79 Å². The smallest absolute Gasteiger partial charge is 0.257 e. The van der Waals surface area contributed by atoms with E-state index in [2.05, 4.69) is 47.1 Å². The molecule has 25 heavy (non-hydrogen) atoms. The van der Waals surface area contributed by atoms with Crippen molar-refractivity contribution in [1.29, 1.82) is 0 Å². The lowest BCUT2D eigenvalue weighted by atomic mass is 10.1. The molecule has 0 heterocycles. The topological polar surface area (TPSA) is 50.4 Å². The Kier molecular flexibility index (Phi) is 7.64. The van der Waals surface area contributed by atoms with Crippen molar-refractivity contribution in [1.82, 2.24) is 5.32 Å². The zero-order valence-electron chi connectivity index (χ0n) is 14.2. The molecule has 2 aromatic rings. The fourth-order valence-corrected chi connectivity index (χ4v) is 2.77.